The minimum atomic E-state index is -4.02. The van der Waals surface area contributed by atoms with Gasteiger partial charge in [-0.2, -0.15) is 18.2 Å². The van der Waals surface area contributed by atoms with E-state index in [0.717, 1.165) is 43.1 Å². The lowest BCUT2D eigenvalue weighted by atomic mass is 9.53. The molecule has 40 heavy (non-hydrogen) atoms. The SMILES string of the molecule is CC(C)(N)CNC(=O)NCC1CCC2(CC1)OOC1(O2)C2CC3CC(C2)CC1C3.Cc1ccc(S(=O)(=O)O)cc1. The summed E-state index contributed by atoms with van der Waals surface area (Å²) in [6, 6.07) is 5.84. The van der Waals surface area contributed by atoms with Crippen LogP contribution in [0.25, 0.3) is 0 Å². The van der Waals surface area contributed by atoms with E-state index < -0.39 is 27.2 Å². The van der Waals surface area contributed by atoms with E-state index in [1.807, 2.05) is 20.8 Å². The lowest BCUT2D eigenvalue weighted by Gasteiger charge is -2.57. The first-order valence-corrected chi connectivity index (χ1v) is 16.1. The fourth-order valence-corrected chi connectivity index (χ4v) is 7.91. The van der Waals surface area contributed by atoms with Crippen LogP contribution in [0.5, 0.6) is 0 Å². The van der Waals surface area contributed by atoms with Gasteiger partial charge in [0.25, 0.3) is 10.1 Å². The average Bonchev–Trinajstić information content (AvgIpc) is 3.25. The average molecular weight is 580 g/mol. The number of urea groups is 1. The van der Waals surface area contributed by atoms with Gasteiger partial charge in [-0.1, -0.05) is 17.7 Å². The van der Waals surface area contributed by atoms with Gasteiger partial charge in [0.2, 0.25) is 11.6 Å². The Balaban J connectivity index is 0.000000248. The monoisotopic (exact) mass is 579 g/mol. The summed E-state index contributed by atoms with van der Waals surface area (Å²) in [6.07, 6.45) is 10.0. The zero-order valence-electron chi connectivity index (χ0n) is 23.9. The Kier molecular flexibility index (Phi) is 8.28. The zero-order chi connectivity index (χ0) is 28.8. The molecule has 1 saturated heterocycles. The predicted octanol–water partition coefficient (Wildman–Crippen LogP) is 4.28. The zero-order valence-corrected chi connectivity index (χ0v) is 24.7. The van der Waals surface area contributed by atoms with Crippen LogP contribution in [0.4, 0.5) is 4.79 Å². The van der Waals surface area contributed by atoms with E-state index in [9.17, 15) is 13.2 Å². The molecule has 2 amide bonds. The van der Waals surface area contributed by atoms with Gasteiger partial charge in [-0.05, 0) is 95.6 Å². The summed E-state index contributed by atoms with van der Waals surface area (Å²) < 4.78 is 36.3. The molecule has 2 spiro atoms. The second-order valence-electron chi connectivity index (χ2n) is 13.5. The summed E-state index contributed by atoms with van der Waals surface area (Å²) in [5.74, 6) is 2.17. The third-order valence-corrected chi connectivity index (χ3v) is 10.3. The van der Waals surface area contributed by atoms with Crippen LogP contribution in [0.15, 0.2) is 29.2 Å². The fourth-order valence-electron chi connectivity index (χ4n) is 7.43. The topological polar surface area (TPSA) is 149 Å². The van der Waals surface area contributed by atoms with Crippen LogP contribution in [0.2, 0.25) is 0 Å². The molecule has 5 aliphatic carbocycles. The van der Waals surface area contributed by atoms with Crippen LogP contribution in [0.1, 0.15) is 77.2 Å². The smallest absolute Gasteiger partial charge is 0.314 e. The van der Waals surface area contributed by atoms with E-state index in [0.29, 0.717) is 30.8 Å². The lowest BCUT2D eigenvalue weighted by Crippen LogP contribution is -2.59. The number of carbonyl (C=O) groups is 1. The Bertz CT molecular complexity index is 1130. The standard InChI is InChI=1S/C22H37N3O4.C7H8O3S/c1-20(2,23)13-25-19(26)24-12-14-3-5-21(6-4-14)27-22(29-28-21)17-8-15-7-16(10-17)11-18(22)9-15;1-6-2-4-7(5-3-6)11(8,9)10/h14-18H,3-13,23H2,1-2H3,(H2,24,25,26);2-5H,1H3,(H,8,9,10). The molecule has 4 bridgehead atoms. The van der Waals surface area contributed by atoms with Crippen molar-refractivity contribution < 1.29 is 32.3 Å². The highest BCUT2D eigenvalue weighted by atomic mass is 32.2. The Morgan fingerprint density at radius 2 is 1.57 bits per heavy atom. The van der Waals surface area contributed by atoms with Gasteiger partial charge in [-0.25, -0.2) is 4.79 Å². The van der Waals surface area contributed by atoms with Crippen molar-refractivity contribution >= 4 is 16.1 Å². The van der Waals surface area contributed by atoms with E-state index in [4.69, 9.17) is 24.8 Å². The molecule has 224 valence electrons. The van der Waals surface area contributed by atoms with Gasteiger partial charge >= 0.3 is 6.03 Å². The molecule has 0 aromatic heterocycles. The Hall–Kier alpha value is -1.76. The molecule has 0 unspecified atom stereocenters. The van der Waals surface area contributed by atoms with Crippen LogP contribution in [-0.2, 0) is 24.6 Å². The molecule has 10 nitrogen and oxygen atoms in total. The highest BCUT2D eigenvalue weighted by Crippen LogP contribution is 2.63. The summed E-state index contributed by atoms with van der Waals surface area (Å²) in [5, 5.41) is 5.82. The molecule has 1 aromatic carbocycles. The minimum Gasteiger partial charge on any atom is -0.338 e. The van der Waals surface area contributed by atoms with Crippen molar-refractivity contribution in [3.05, 3.63) is 29.8 Å². The first-order chi connectivity index (χ1) is 18.8. The summed E-state index contributed by atoms with van der Waals surface area (Å²) >= 11 is 0. The molecule has 5 N–H and O–H groups in total. The summed E-state index contributed by atoms with van der Waals surface area (Å²) in [7, 11) is -4.02. The van der Waals surface area contributed by atoms with Gasteiger partial charge in [0.15, 0.2) is 0 Å². The molecule has 11 heteroatoms. The number of hydrogen-bond acceptors (Lipinski definition) is 7. The molecule has 7 rings (SSSR count). The van der Waals surface area contributed by atoms with E-state index in [-0.39, 0.29) is 10.9 Å². The number of nitrogens with two attached hydrogens (primary N) is 1. The largest absolute Gasteiger partial charge is 0.338 e. The molecule has 1 aliphatic heterocycles. The Labute approximate surface area is 237 Å². The minimum absolute atomic E-state index is 0.0666. The van der Waals surface area contributed by atoms with E-state index in [1.54, 1.807) is 12.1 Å². The first kappa shape index (κ1) is 29.7. The second-order valence-corrected chi connectivity index (χ2v) is 14.9. The number of carbonyl (C=O) groups excluding carboxylic acids is 1. The molecule has 6 fully saturated rings. The molecule has 5 saturated carbocycles. The van der Waals surface area contributed by atoms with Gasteiger partial charge in [0, 0.05) is 43.3 Å². The predicted molar refractivity (Wildman–Crippen MR) is 148 cm³/mol. The fraction of sp³-hybridized carbons (Fsp3) is 0.759. The van der Waals surface area contributed by atoms with Crippen molar-refractivity contribution in [2.45, 2.75) is 101 Å². The highest BCUT2D eigenvalue weighted by Gasteiger charge is 2.66. The number of hydrogen-bond donors (Lipinski definition) is 4. The van der Waals surface area contributed by atoms with Crippen molar-refractivity contribution in [1.82, 2.24) is 10.6 Å². The van der Waals surface area contributed by atoms with Crippen LogP contribution < -0.4 is 16.4 Å². The maximum Gasteiger partial charge on any atom is 0.314 e. The molecule has 1 aromatic rings. The van der Waals surface area contributed by atoms with Crippen molar-refractivity contribution in [2.24, 2.45) is 35.3 Å². The maximum absolute atomic E-state index is 12.0. The van der Waals surface area contributed by atoms with Gasteiger partial charge < -0.3 is 21.1 Å². The van der Waals surface area contributed by atoms with E-state index >= 15 is 0 Å². The Morgan fingerprint density at radius 3 is 2.10 bits per heavy atom. The van der Waals surface area contributed by atoms with Crippen LogP contribution in [0.3, 0.4) is 0 Å². The van der Waals surface area contributed by atoms with E-state index in [2.05, 4.69) is 10.6 Å². The van der Waals surface area contributed by atoms with Gasteiger partial charge in [0.1, 0.15) is 0 Å². The van der Waals surface area contributed by atoms with Gasteiger partial charge in [0.05, 0.1) is 4.90 Å². The van der Waals surface area contributed by atoms with Gasteiger partial charge in [-0.3, -0.25) is 4.55 Å². The van der Waals surface area contributed by atoms with Crippen molar-refractivity contribution in [2.75, 3.05) is 13.1 Å². The first-order valence-electron chi connectivity index (χ1n) is 14.7. The second kappa shape index (κ2) is 11.1. The quantitative estimate of drug-likeness (QED) is 0.298. The third kappa shape index (κ3) is 6.65. The summed E-state index contributed by atoms with van der Waals surface area (Å²) in [4.78, 5) is 24.0. The number of nitrogens with one attached hydrogen (secondary N) is 2. The molecule has 6 aliphatic rings. The normalized spacial score (nSPS) is 36.4. The van der Waals surface area contributed by atoms with Crippen LogP contribution in [0, 0.1) is 36.5 Å². The van der Waals surface area contributed by atoms with Crippen molar-refractivity contribution in [3.8, 4) is 0 Å². The van der Waals surface area contributed by atoms with Crippen molar-refractivity contribution in [1.29, 1.82) is 0 Å². The number of amides is 2. The molecule has 1 heterocycles. The summed E-state index contributed by atoms with van der Waals surface area (Å²) in [6.45, 7) is 6.76. The highest BCUT2D eigenvalue weighted by molar-refractivity contribution is 7.85. The third-order valence-electron chi connectivity index (χ3n) is 9.39. The van der Waals surface area contributed by atoms with Crippen molar-refractivity contribution in [3.63, 3.8) is 0 Å². The van der Waals surface area contributed by atoms with Crippen LogP contribution in [-0.4, -0.2) is 49.2 Å². The lowest BCUT2D eigenvalue weighted by molar-refractivity contribution is -0.390. The number of aryl methyl sites for hydroxylation is 1. The maximum atomic E-state index is 12.0. The molecule has 0 radical (unpaired) electrons. The number of benzene rings is 1. The summed E-state index contributed by atoms with van der Waals surface area (Å²) in [5.41, 5.74) is 6.46. The van der Waals surface area contributed by atoms with Crippen LogP contribution >= 0.6 is 0 Å². The molecular formula is C29H45N3O7S. The number of rotatable bonds is 5. The molecule has 0 atom stereocenters. The van der Waals surface area contributed by atoms with E-state index in [1.165, 1.54) is 44.2 Å². The molecular weight excluding hydrogens is 534 g/mol. The number of ether oxygens (including phenoxy) is 1. The Morgan fingerprint density at radius 1 is 1.00 bits per heavy atom. The van der Waals surface area contributed by atoms with Gasteiger partial charge in [-0.15, -0.1) is 0 Å².